The molecule has 0 aliphatic rings. The molecule has 0 spiro atoms. The molecule has 1 N–H and O–H groups in total. The number of ketones is 1. The van der Waals surface area contributed by atoms with E-state index in [0.717, 1.165) is 15.9 Å². The lowest BCUT2D eigenvalue weighted by Gasteiger charge is -2.03. The summed E-state index contributed by atoms with van der Waals surface area (Å²) in [5, 5.41) is 3.11. The van der Waals surface area contributed by atoms with Crippen molar-refractivity contribution in [2.45, 2.75) is 13.3 Å². The predicted octanol–water partition coefficient (Wildman–Crippen LogP) is 2.69. The van der Waals surface area contributed by atoms with Crippen LogP contribution in [0.4, 0.5) is 5.69 Å². The number of Topliss-reactive ketones (excluding diaryl/α,β-unsaturated/α-hetero) is 1. The van der Waals surface area contributed by atoms with Gasteiger partial charge in [0, 0.05) is 12.1 Å². The maximum atomic E-state index is 11.1. The summed E-state index contributed by atoms with van der Waals surface area (Å²) in [5.41, 5.74) is 3.81. The Bertz CT molecular complexity index is 478. The van der Waals surface area contributed by atoms with Crippen molar-refractivity contribution in [1.82, 2.24) is 4.98 Å². The zero-order chi connectivity index (χ0) is 10.7. The minimum Gasteiger partial charge on any atom is -0.378 e. The van der Waals surface area contributed by atoms with Gasteiger partial charge in [0.2, 0.25) is 0 Å². The first kappa shape index (κ1) is 10.1. The van der Waals surface area contributed by atoms with Crippen molar-refractivity contribution in [3.63, 3.8) is 0 Å². The standard InChI is InChI=1S/C11H12N2OS/c1-2-9(14)6-12-8-3-4-10-11(5-8)15-7-13-10/h3-5,7,12H,2,6H2,1H3. The Balaban J connectivity index is 2.11. The molecule has 0 fully saturated rings. The molecule has 0 radical (unpaired) electrons. The molecule has 1 aromatic heterocycles. The summed E-state index contributed by atoms with van der Waals surface area (Å²) >= 11 is 1.61. The number of aromatic nitrogens is 1. The molecule has 1 aromatic carbocycles. The Kier molecular flexibility index (Phi) is 2.97. The fourth-order valence-electron chi connectivity index (χ4n) is 1.29. The van der Waals surface area contributed by atoms with Gasteiger partial charge in [0.1, 0.15) is 0 Å². The smallest absolute Gasteiger partial charge is 0.151 e. The minimum atomic E-state index is 0.222. The van der Waals surface area contributed by atoms with Gasteiger partial charge < -0.3 is 5.32 Å². The van der Waals surface area contributed by atoms with Gasteiger partial charge in [-0.2, -0.15) is 0 Å². The molecule has 3 nitrogen and oxygen atoms in total. The van der Waals surface area contributed by atoms with Gasteiger partial charge in [-0.15, -0.1) is 11.3 Å². The van der Waals surface area contributed by atoms with Crippen molar-refractivity contribution < 1.29 is 4.79 Å². The molecule has 4 heteroatoms. The van der Waals surface area contributed by atoms with Gasteiger partial charge in [-0.05, 0) is 18.2 Å². The number of thiazole rings is 1. The molecule has 0 saturated carbocycles. The van der Waals surface area contributed by atoms with Gasteiger partial charge >= 0.3 is 0 Å². The van der Waals surface area contributed by atoms with Crippen LogP contribution < -0.4 is 5.32 Å². The molecule has 0 unspecified atom stereocenters. The van der Waals surface area contributed by atoms with Crippen LogP contribution in [0.2, 0.25) is 0 Å². The molecule has 0 saturated heterocycles. The van der Waals surface area contributed by atoms with Crippen LogP contribution in [0.5, 0.6) is 0 Å². The Morgan fingerprint density at radius 2 is 2.40 bits per heavy atom. The van der Waals surface area contributed by atoms with Crippen molar-refractivity contribution in [3.8, 4) is 0 Å². The summed E-state index contributed by atoms with van der Waals surface area (Å²) in [6, 6.07) is 5.94. The second-order valence-corrected chi connectivity index (χ2v) is 4.17. The van der Waals surface area contributed by atoms with E-state index in [0.29, 0.717) is 13.0 Å². The number of carbonyl (C=O) groups is 1. The van der Waals surface area contributed by atoms with E-state index in [-0.39, 0.29) is 5.78 Å². The lowest BCUT2D eigenvalue weighted by molar-refractivity contribution is -0.117. The second-order valence-electron chi connectivity index (χ2n) is 3.28. The van der Waals surface area contributed by atoms with Gasteiger partial charge in [-0.1, -0.05) is 6.92 Å². The SMILES string of the molecule is CCC(=O)CNc1ccc2ncsc2c1. The average molecular weight is 220 g/mol. The van der Waals surface area contributed by atoms with Crippen LogP contribution in [-0.4, -0.2) is 17.3 Å². The third-order valence-electron chi connectivity index (χ3n) is 2.22. The van der Waals surface area contributed by atoms with Crippen molar-refractivity contribution in [2.75, 3.05) is 11.9 Å². The highest BCUT2D eigenvalue weighted by atomic mass is 32.1. The zero-order valence-electron chi connectivity index (χ0n) is 8.49. The average Bonchev–Trinajstić information content (AvgIpc) is 2.72. The van der Waals surface area contributed by atoms with Gasteiger partial charge in [0.15, 0.2) is 5.78 Å². The van der Waals surface area contributed by atoms with E-state index in [9.17, 15) is 4.79 Å². The normalized spacial score (nSPS) is 10.5. The first-order valence-electron chi connectivity index (χ1n) is 4.88. The van der Waals surface area contributed by atoms with Crippen LogP contribution in [-0.2, 0) is 4.79 Å². The third-order valence-corrected chi connectivity index (χ3v) is 3.01. The van der Waals surface area contributed by atoms with E-state index in [1.807, 2.05) is 30.6 Å². The van der Waals surface area contributed by atoms with Gasteiger partial charge in [-0.3, -0.25) is 4.79 Å². The summed E-state index contributed by atoms with van der Waals surface area (Å²) < 4.78 is 1.14. The van der Waals surface area contributed by atoms with Crippen LogP contribution in [0.1, 0.15) is 13.3 Å². The Morgan fingerprint density at radius 1 is 1.53 bits per heavy atom. The number of fused-ring (bicyclic) bond motifs is 1. The lowest BCUT2D eigenvalue weighted by Crippen LogP contribution is -2.12. The van der Waals surface area contributed by atoms with Crippen molar-refractivity contribution in [3.05, 3.63) is 23.7 Å². The van der Waals surface area contributed by atoms with Crippen LogP contribution in [0.3, 0.4) is 0 Å². The van der Waals surface area contributed by atoms with Crippen molar-refractivity contribution >= 4 is 33.0 Å². The number of benzene rings is 1. The molecule has 0 atom stereocenters. The molecule has 0 bridgehead atoms. The molecular weight excluding hydrogens is 208 g/mol. The number of hydrogen-bond donors (Lipinski definition) is 1. The number of nitrogens with one attached hydrogen (secondary N) is 1. The van der Waals surface area contributed by atoms with E-state index in [4.69, 9.17) is 0 Å². The molecule has 0 aliphatic carbocycles. The molecular formula is C11H12N2OS. The molecule has 2 aromatic rings. The number of hydrogen-bond acceptors (Lipinski definition) is 4. The minimum absolute atomic E-state index is 0.222. The highest BCUT2D eigenvalue weighted by molar-refractivity contribution is 7.16. The first-order valence-corrected chi connectivity index (χ1v) is 5.76. The van der Waals surface area contributed by atoms with Gasteiger partial charge in [0.05, 0.1) is 22.3 Å². The number of rotatable bonds is 4. The quantitative estimate of drug-likeness (QED) is 0.861. The highest BCUT2D eigenvalue weighted by Gasteiger charge is 2.00. The van der Waals surface area contributed by atoms with Crippen LogP contribution in [0, 0.1) is 0 Å². The molecule has 15 heavy (non-hydrogen) atoms. The maximum absolute atomic E-state index is 11.1. The van der Waals surface area contributed by atoms with Crippen LogP contribution in [0.15, 0.2) is 23.7 Å². The van der Waals surface area contributed by atoms with E-state index in [2.05, 4.69) is 10.3 Å². The lowest BCUT2D eigenvalue weighted by atomic mass is 10.2. The number of carbonyl (C=O) groups excluding carboxylic acids is 1. The van der Waals surface area contributed by atoms with E-state index in [1.54, 1.807) is 11.3 Å². The Morgan fingerprint density at radius 3 is 3.20 bits per heavy atom. The maximum Gasteiger partial charge on any atom is 0.151 e. The fourth-order valence-corrected chi connectivity index (χ4v) is 2.01. The van der Waals surface area contributed by atoms with E-state index < -0.39 is 0 Å². The molecule has 0 amide bonds. The molecule has 0 aliphatic heterocycles. The van der Waals surface area contributed by atoms with Crippen molar-refractivity contribution in [1.29, 1.82) is 0 Å². The van der Waals surface area contributed by atoms with Crippen LogP contribution in [0.25, 0.3) is 10.2 Å². The second kappa shape index (κ2) is 4.40. The first-order chi connectivity index (χ1) is 7.29. The Labute approximate surface area is 92.1 Å². The number of nitrogens with zero attached hydrogens (tertiary/aromatic N) is 1. The van der Waals surface area contributed by atoms with E-state index in [1.165, 1.54) is 0 Å². The largest absolute Gasteiger partial charge is 0.378 e. The zero-order valence-corrected chi connectivity index (χ0v) is 9.30. The van der Waals surface area contributed by atoms with Crippen LogP contribution >= 0.6 is 11.3 Å². The fraction of sp³-hybridized carbons (Fsp3) is 0.273. The predicted molar refractivity (Wildman–Crippen MR) is 63.4 cm³/mol. The summed E-state index contributed by atoms with van der Waals surface area (Å²) in [4.78, 5) is 15.3. The summed E-state index contributed by atoms with van der Waals surface area (Å²) in [7, 11) is 0. The molecule has 78 valence electrons. The summed E-state index contributed by atoms with van der Waals surface area (Å²) in [6.07, 6.45) is 0.579. The summed E-state index contributed by atoms with van der Waals surface area (Å²) in [5.74, 6) is 0.222. The Hall–Kier alpha value is -1.42. The topological polar surface area (TPSA) is 42.0 Å². The van der Waals surface area contributed by atoms with E-state index >= 15 is 0 Å². The highest BCUT2D eigenvalue weighted by Crippen LogP contribution is 2.21. The third kappa shape index (κ3) is 2.33. The van der Waals surface area contributed by atoms with Crippen molar-refractivity contribution in [2.24, 2.45) is 0 Å². The summed E-state index contributed by atoms with van der Waals surface area (Å²) in [6.45, 7) is 2.28. The molecule has 1 heterocycles. The monoisotopic (exact) mass is 220 g/mol. The molecule has 2 rings (SSSR count). The van der Waals surface area contributed by atoms with Gasteiger partial charge in [-0.25, -0.2) is 4.98 Å². The number of anilines is 1. The van der Waals surface area contributed by atoms with Gasteiger partial charge in [0.25, 0.3) is 0 Å².